The predicted molar refractivity (Wildman–Crippen MR) is 141 cm³/mol. The van der Waals surface area contributed by atoms with Gasteiger partial charge in [-0.2, -0.15) is 0 Å². The minimum atomic E-state index is -0.999. The number of benzene rings is 4. The zero-order valence-electron chi connectivity index (χ0n) is 20.4. The van der Waals surface area contributed by atoms with Crippen molar-refractivity contribution in [3.05, 3.63) is 154 Å². The Balaban J connectivity index is 1.48. The topological polar surface area (TPSA) is 46.6 Å². The summed E-state index contributed by atoms with van der Waals surface area (Å²) in [6.45, 7) is 1.14. The maximum atomic E-state index is 15.5. The van der Waals surface area contributed by atoms with Gasteiger partial charge >= 0.3 is 0 Å². The van der Waals surface area contributed by atoms with E-state index in [0.717, 1.165) is 21.6 Å². The maximum absolute atomic E-state index is 15.5. The highest BCUT2D eigenvalue weighted by Crippen LogP contribution is 2.41. The van der Waals surface area contributed by atoms with Crippen molar-refractivity contribution < 1.29 is 18.7 Å². The van der Waals surface area contributed by atoms with E-state index in [2.05, 4.69) is 0 Å². The van der Waals surface area contributed by atoms with Gasteiger partial charge in [-0.3, -0.25) is 14.5 Å². The lowest BCUT2D eigenvalue weighted by atomic mass is 9.80. The summed E-state index contributed by atoms with van der Waals surface area (Å²) >= 11 is 0. The molecule has 4 aromatic rings. The molecular formula is C32H26FNO3. The summed E-state index contributed by atoms with van der Waals surface area (Å²) in [5, 5.41) is 0. The second kappa shape index (κ2) is 10.3. The number of amides is 2. The zero-order chi connectivity index (χ0) is 25.8. The number of carbonyl (C=O) groups is 2. The third-order valence-electron chi connectivity index (χ3n) is 6.68. The van der Waals surface area contributed by atoms with E-state index in [1.807, 2.05) is 91.0 Å². The monoisotopic (exact) mass is 491 g/mol. The first-order valence-electron chi connectivity index (χ1n) is 12.1. The Morgan fingerprint density at radius 1 is 0.676 bits per heavy atom. The van der Waals surface area contributed by atoms with Crippen LogP contribution < -0.4 is 0 Å². The molecule has 0 atom stereocenters. The van der Waals surface area contributed by atoms with Gasteiger partial charge in [-0.05, 0) is 41.3 Å². The number of nitrogens with zero attached hydrogens (tertiary/aromatic N) is 1. The molecule has 1 heterocycles. The minimum absolute atomic E-state index is 0.0479. The molecule has 0 aromatic heterocycles. The molecule has 184 valence electrons. The van der Waals surface area contributed by atoms with Gasteiger partial charge < -0.3 is 4.74 Å². The van der Waals surface area contributed by atoms with Gasteiger partial charge in [0.15, 0.2) is 0 Å². The summed E-state index contributed by atoms with van der Waals surface area (Å²) in [5.41, 5.74) is 2.61. The molecule has 0 unspecified atom stereocenters. The highest BCUT2D eigenvalue weighted by molar-refractivity contribution is 6.21. The van der Waals surface area contributed by atoms with E-state index in [9.17, 15) is 9.59 Å². The van der Waals surface area contributed by atoms with Crippen LogP contribution in [0.4, 0.5) is 4.39 Å². The molecule has 0 saturated heterocycles. The van der Waals surface area contributed by atoms with Crippen LogP contribution in [0.25, 0.3) is 0 Å². The Hall–Kier alpha value is -4.35. The first kappa shape index (κ1) is 24.3. The molecule has 0 spiro atoms. The van der Waals surface area contributed by atoms with Crippen LogP contribution in [0.15, 0.2) is 127 Å². The average molecular weight is 492 g/mol. The van der Waals surface area contributed by atoms with Crippen molar-refractivity contribution in [2.75, 3.05) is 13.2 Å². The van der Waals surface area contributed by atoms with Gasteiger partial charge in [-0.25, -0.2) is 4.39 Å². The van der Waals surface area contributed by atoms with Gasteiger partial charge in [0.2, 0.25) is 0 Å². The standard InChI is InChI=1S/C32H26FNO3/c1-23(29(33)21-34-30(35)27-19-11-12-20-28(27)31(34)36)22-37-32(24-13-5-2-6-14-24,25-15-7-3-8-16-25)26-17-9-4-10-18-26/h2-20H,21-22H2,1H3/b29-23+. The number of hydrogen-bond acceptors (Lipinski definition) is 3. The van der Waals surface area contributed by atoms with E-state index in [0.29, 0.717) is 16.7 Å². The molecule has 5 heteroatoms. The van der Waals surface area contributed by atoms with Gasteiger partial charge in [0.25, 0.3) is 11.8 Å². The lowest BCUT2D eigenvalue weighted by molar-refractivity contribution is 0.0266. The molecular weight excluding hydrogens is 465 g/mol. The quantitative estimate of drug-likeness (QED) is 0.208. The van der Waals surface area contributed by atoms with Crippen molar-refractivity contribution in [1.29, 1.82) is 0 Å². The van der Waals surface area contributed by atoms with Crippen molar-refractivity contribution in [2.45, 2.75) is 12.5 Å². The fourth-order valence-corrected chi connectivity index (χ4v) is 4.72. The van der Waals surface area contributed by atoms with Crippen molar-refractivity contribution in [3.8, 4) is 0 Å². The normalized spacial score (nSPS) is 13.9. The van der Waals surface area contributed by atoms with Crippen LogP contribution >= 0.6 is 0 Å². The van der Waals surface area contributed by atoms with Gasteiger partial charge in [-0.1, -0.05) is 103 Å². The molecule has 0 radical (unpaired) electrons. The maximum Gasteiger partial charge on any atom is 0.261 e. The van der Waals surface area contributed by atoms with Crippen LogP contribution in [0.5, 0.6) is 0 Å². The summed E-state index contributed by atoms with van der Waals surface area (Å²) < 4.78 is 22.1. The van der Waals surface area contributed by atoms with Gasteiger partial charge in [0.1, 0.15) is 11.4 Å². The predicted octanol–water partition coefficient (Wildman–Crippen LogP) is 6.53. The molecule has 1 aliphatic heterocycles. The fraction of sp³-hybridized carbons (Fsp3) is 0.125. The van der Waals surface area contributed by atoms with Crippen LogP contribution in [0.1, 0.15) is 44.3 Å². The molecule has 2 amide bonds. The number of rotatable bonds is 8. The van der Waals surface area contributed by atoms with Crippen molar-refractivity contribution in [1.82, 2.24) is 4.90 Å². The zero-order valence-corrected chi connectivity index (χ0v) is 20.4. The number of halogens is 1. The van der Waals surface area contributed by atoms with Crippen LogP contribution in [-0.2, 0) is 10.3 Å². The molecule has 0 bridgehead atoms. The number of carbonyl (C=O) groups excluding carboxylic acids is 2. The van der Waals surface area contributed by atoms with E-state index in [-0.39, 0.29) is 6.61 Å². The summed E-state index contributed by atoms with van der Waals surface area (Å²) in [6.07, 6.45) is 0. The second-order valence-corrected chi connectivity index (χ2v) is 9.00. The molecule has 0 saturated carbocycles. The smallest absolute Gasteiger partial charge is 0.261 e. The van der Waals surface area contributed by atoms with Gasteiger partial charge in [0.05, 0.1) is 24.3 Å². The summed E-state index contributed by atoms with van der Waals surface area (Å²) in [4.78, 5) is 26.4. The number of fused-ring (bicyclic) bond motifs is 1. The van der Waals surface area contributed by atoms with Crippen LogP contribution in [-0.4, -0.2) is 29.9 Å². The molecule has 0 fully saturated rings. The Labute approximate surface area is 215 Å². The van der Waals surface area contributed by atoms with Crippen LogP contribution in [0.3, 0.4) is 0 Å². The third kappa shape index (κ3) is 4.50. The average Bonchev–Trinajstić information content (AvgIpc) is 3.20. The first-order chi connectivity index (χ1) is 18.0. The summed E-state index contributed by atoms with van der Waals surface area (Å²) in [6, 6.07) is 36.0. The van der Waals surface area contributed by atoms with E-state index in [4.69, 9.17) is 4.74 Å². The highest BCUT2D eigenvalue weighted by Gasteiger charge is 2.38. The SMILES string of the molecule is C/C(COC(c1ccccc1)(c1ccccc1)c1ccccc1)=C(\F)CN1C(=O)c2ccccc2C1=O. The minimum Gasteiger partial charge on any atom is -0.356 e. The first-order valence-corrected chi connectivity index (χ1v) is 12.1. The molecule has 5 rings (SSSR count). The molecule has 4 nitrogen and oxygen atoms in total. The Morgan fingerprint density at radius 3 is 1.46 bits per heavy atom. The van der Waals surface area contributed by atoms with Crippen molar-refractivity contribution in [3.63, 3.8) is 0 Å². The molecule has 4 aromatic carbocycles. The Bertz CT molecular complexity index is 1320. The lowest BCUT2D eigenvalue weighted by Crippen LogP contribution is -2.34. The Morgan fingerprint density at radius 2 is 1.05 bits per heavy atom. The van der Waals surface area contributed by atoms with E-state index >= 15 is 4.39 Å². The number of ether oxygens (including phenoxy) is 1. The summed E-state index contributed by atoms with van der Waals surface area (Å²) in [7, 11) is 0. The number of imide groups is 1. The largest absolute Gasteiger partial charge is 0.356 e. The van der Waals surface area contributed by atoms with Crippen LogP contribution in [0.2, 0.25) is 0 Å². The van der Waals surface area contributed by atoms with Gasteiger partial charge in [-0.15, -0.1) is 0 Å². The van der Waals surface area contributed by atoms with Crippen molar-refractivity contribution in [2.24, 2.45) is 0 Å². The molecule has 0 aliphatic carbocycles. The highest BCUT2D eigenvalue weighted by atomic mass is 19.1. The Kier molecular flexibility index (Phi) is 6.80. The third-order valence-corrected chi connectivity index (χ3v) is 6.68. The fourth-order valence-electron chi connectivity index (χ4n) is 4.72. The van der Waals surface area contributed by atoms with Crippen molar-refractivity contribution >= 4 is 11.8 Å². The summed E-state index contributed by atoms with van der Waals surface area (Å²) in [5.74, 6) is -1.55. The second-order valence-electron chi connectivity index (χ2n) is 9.00. The van der Waals surface area contributed by atoms with E-state index in [1.54, 1.807) is 31.2 Å². The number of hydrogen-bond donors (Lipinski definition) is 0. The van der Waals surface area contributed by atoms with Crippen LogP contribution in [0, 0.1) is 0 Å². The molecule has 1 aliphatic rings. The molecule has 0 N–H and O–H groups in total. The molecule has 37 heavy (non-hydrogen) atoms. The van der Waals surface area contributed by atoms with E-state index in [1.165, 1.54) is 0 Å². The van der Waals surface area contributed by atoms with Gasteiger partial charge in [0, 0.05) is 0 Å². The van der Waals surface area contributed by atoms with E-state index < -0.39 is 29.8 Å². The lowest BCUT2D eigenvalue weighted by Gasteiger charge is -2.36.